The molecule has 0 amide bonds. The molecule has 0 aliphatic carbocycles. The molecule has 0 saturated heterocycles. The second-order valence-corrected chi connectivity index (χ2v) is 6.94. The first kappa shape index (κ1) is 18.3. The maximum absolute atomic E-state index is 13.4. The molecule has 1 aromatic carbocycles. The van der Waals surface area contributed by atoms with Gasteiger partial charge in [0.1, 0.15) is 5.82 Å². The molecule has 7 heteroatoms. The molecular weight excluding hydrogens is 357 g/mol. The van der Waals surface area contributed by atoms with Gasteiger partial charge in [0.05, 0.1) is 13.3 Å². The highest BCUT2D eigenvalue weighted by Crippen LogP contribution is 2.28. The first-order valence-electron chi connectivity index (χ1n) is 9.31. The van der Waals surface area contributed by atoms with Gasteiger partial charge in [-0.1, -0.05) is 13.0 Å². The molecule has 0 radical (unpaired) electrons. The summed E-state index contributed by atoms with van der Waals surface area (Å²) in [5.74, 6) is 0.296. The van der Waals surface area contributed by atoms with Gasteiger partial charge in [0.15, 0.2) is 0 Å². The molecule has 0 spiro atoms. The Bertz CT molecular complexity index is 1030. The van der Waals surface area contributed by atoms with Gasteiger partial charge in [-0.2, -0.15) is 0 Å². The summed E-state index contributed by atoms with van der Waals surface area (Å²) in [7, 11) is 0. The van der Waals surface area contributed by atoms with E-state index in [9.17, 15) is 9.18 Å². The number of hydrogen-bond acceptors (Lipinski definition) is 5. The number of hydrogen-bond donors (Lipinski definition) is 0. The Labute approximate surface area is 162 Å². The summed E-state index contributed by atoms with van der Waals surface area (Å²) in [6.45, 7) is 5.46. The van der Waals surface area contributed by atoms with E-state index in [1.807, 2.05) is 37.1 Å². The van der Waals surface area contributed by atoms with Crippen LogP contribution in [0.1, 0.15) is 23.7 Å². The van der Waals surface area contributed by atoms with E-state index in [1.54, 1.807) is 22.9 Å². The number of aryl methyl sites for hydroxylation is 1. The third-order valence-corrected chi connectivity index (χ3v) is 4.99. The van der Waals surface area contributed by atoms with Crippen LogP contribution in [0.15, 0.2) is 53.6 Å². The van der Waals surface area contributed by atoms with Gasteiger partial charge in [-0.3, -0.25) is 24.1 Å². The lowest BCUT2D eigenvalue weighted by atomic mass is 10.2. The van der Waals surface area contributed by atoms with Crippen molar-refractivity contribution in [3.8, 4) is 0 Å². The Morgan fingerprint density at radius 2 is 1.93 bits per heavy atom. The third-order valence-electron chi connectivity index (χ3n) is 4.99. The molecule has 1 aliphatic rings. The van der Waals surface area contributed by atoms with Gasteiger partial charge in [0, 0.05) is 35.9 Å². The van der Waals surface area contributed by atoms with Crippen LogP contribution in [-0.4, -0.2) is 26.1 Å². The largest absolute Gasteiger partial charge is 0.298 e. The van der Waals surface area contributed by atoms with Crippen molar-refractivity contribution in [2.75, 3.05) is 11.6 Å². The minimum absolute atomic E-state index is 0.0204. The number of fused-ring (bicyclic) bond motifs is 1. The van der Waals surface area contributed by atoms with E-state index in [-0.39, 0.29) is 11.4 Å². The van der Waals surface area contributed by atoms with Gasteiger partial charge in [0.2, 0.25) is 5.95 Å². The van der Waals surface area contributed by atoms with Crippen molar-refractivity contribution in [3.05, 3.63) is 81.8 Å². The highest BCUT2D eigenvalue weighted by atomic mass is 19.1. The van der Waals surface area contributed by atoms with E-state index in [4.69, 9.17) is 4.98 Å². The summed E-state index contributed by atoms with van der Waals surface area (Å²) >= 11 is 0. The molecule has 1 aliphatic heterocycles. The van der Waals surface area contributed by atoms with Crippen molar-refractivity contribution >= 4 is 11.6 Å². The number of nitrogens with zero attached hydrogens (tertiary/aromatic N) is 5. The van der Waals surface area contributed by atoms with Crippen LogP contribution in [0.2, 0.25) is 0 Å². The zero-order chi connectivity index (χ0) is 19.7. The molecular formula is C21H22FN5O. The predicted molar refractivity (Wildman–Crippen MR) is 106 cm³/mol. The minimum atomic E-state index is -0.296. The van der Waals surface area contributed by atoms with E-state index in [0.717, 1.165) is 22.5 Å². The summed E-state index contributed by atoms with van der Waals surface area (Å²) < 4.78 is 15.1. The summed E-state index contributed by atoms with van der Waals surface area (Å²) in [4.78, 5) is 26.1. The smallest absolute Gasteiger partial charge is 0.259 e. The molecule has 0 N–H and O–H groups in total. The number of pyridine rings is 1. The van der Waals surface area contributed by atoms with Crippen molar-refractivity contribution in [1.29, 1.82) is 0 Å². The molecule has 144 valence electrons. The molecule has 0 fully saturated rings. The maximum Gasteiger partial charge on any atom is 0.259 e. The van der Waals surface area contributed by atoms with Gasteiger partial charge in [-0.05, 0) is 49.2 Å². The van der Waals surface area contributed by atoms with E-state index in [2.05, 4.69) is 9.88 Å². The Hall–Kier alpha value is -3.06. The third kappa shape index (κ3) is 3.41. The van der Waals surface area contributed by atoms with E-state index < -0.39 is 0 Å². The number of halogens is 1. The monoisotopic (exact) mass is 379 g/mol. The fourth-order valence-electron chi connectivity index (χ4n) is 3.60. The molecule has 3 aromatic rings. The summed E-state index contributed by atoms with van der Waals surface area (Å²) in [5, 5.41) is 0. The van der Waals surface area contributed by atoms with Crippen LogP contribution in [0.5, 0.6) is 0 Å². The fraction of sp³-hybridized carbons (Fsp3) is 0.286. The number of rotatable bonds is 4. The Morgan fingerprint density at radius 3 is 2.61 bits per heavy atom. The van der Waals surface area contributed by atoms with Crippen molar-refractivity contribution in [2.45, 2.75) is 33.5 Å². The van der Waals surface area contributed by atoms with E-state index in [1.165, 1.54) is 12.1 Å². The number of anilines is 2. The zero-order valence-electron chi connectivity index (χ0n) is 16.0. The average Bonchev–Trinajstić information content (AvgIpc) is 2.70. The highest BCUT2D eigenvalue weighted by molar-refractivity contribution is 5.58. The van der Waals surface area contributed by atoms with Crippen molar-refractivity contribution in [1.82, 2.24) is 19.4 Å². The molecule has 4 rings (SSSR count). The second-order valence-electron chi connectivity index (χ2n) is 6.94. The predicted octanol–water partition coefficient (Wildman–Crippen LogP) is 3.22. The van der Waals surface area contributed by atoms with Crippen LogP contribution in [0.3, 0.4) is 0 Å². The van der Waals surface area contributed by atoms with Gasteiger partial charge >= 0.3 is 0 Å². The molecule has 0 saturated carbocycles. The van der Waals surface area contributed by atoms with E-state index >= 15 is 0 Å². The van der Waals surface area contributed by atoms with Crippen molar-refractivity contribution < 1.29 is 4.39 Å². The number of benzene rings is 1. The molecule has 6 nitrogen and oxygen atoms in total. The summed E-state index contributed by atoms with van der Waals surface area (Å²) in [5.41, 5.74) is 3.31. The van der Waals surface area contributed by atoms with Gasteiger partial charge in [-0.15, -0.1) is 0 Å². The molecule has 2 aromatic heterocycles. The second kappa shape index (κ2) is 7.52. The maximum atomic E-state index is 13.4. The van der Waals surface area contributed by atoms with Crippen LogP contribution < -0.4 is 10.5 Å². The average molecular weight is 379 g/mol. The lowest BCUT2D eigenvalue weighted by molar-refractivity contribution is 0.189. The van der Waals surface area contributed by atoms with Crippen LogP contribution >= 0.6 is 0 Å². The Balaban J connectivity index is 1.79. The Kier molecular flexibility index (Phi) is 4.92. The molecule has 0 unspecified atom stereocenters. The highest BCUT2D eigenvalue weighted by Gasteiger charge is 2.27. The fourth-order valence-corrected chi connectivity index (χ4v) is 3.60. The quantitative estimate of drug-likeness (QED) is 0.697. The van der Waals surface area contributed by atoms with Crippen LogP contribution in [0.25, 0.3) is 0 Å². The SMILES string of the molecule is CCc1c(C)nc2n(c1=O)CN(Cc1cccnc1)CN2c1ccc(F)cc1. The summed E-state index contributed by atoms with van der Waals surface area (Å²) in [6, 6.07) is 10.2. The van der Waals surface area contributed by atoms with Gasteiger partial charge in [-0.25, -0.2) is 9.37 Å². The summed E-state index contributed by atoms with van der Waals surface area (Å²) in [6.07, 6.45) is 4.20. The standard InChI is InChI=1S/C21H22FN5O/c1-3-19-15(2)24-21-26(18-8-6-17(22)7-9-18)13-25(14-27(21)20(19)28)12-16-5-4-10-23-11-16/h4-11H,3,12-14H2,1-2H3. The molecule has 0 atom stereocenters. The van der Waals surface area contributed by atoms with Crippen LogP contribution in [-0.2, 0) is 19.6 Å². The van der Waals surface area contributed by atoms with Gasteiger partial charge in [0.25, 0.3) is 5.56 Å². The normalized spacial score (nSPS) is 14.2. The molecule has 3 heterocycles. The van der Waals surface area contributed by atoms with E-state index in [0.29, 0.717) is 32.3 Å². The van der Waals surface area contributed by atoms with Crippen LogP contribution in [0, 0.1) is 12.7 Å². The number of aromatic nitrogens is 3. The first-order valence-corrected chi connectivity index (χ1v) is 9.31. The van der Waals surface area contributed by atoms with Gasteiger partial charge < -0.3 is 0 Å². The lowest BCUT2D eigenvalue weighted by Crippen LogP contribution is -2.47. The van der Waals surface area contributed by atoms with Crippen LogP contribution in [0.4, 0.5) is 16.0 Å². The lowest BCUT2D eigenvalue weighted by Gasteiger charge is -2.38. The minimum Gasteiger partial charge on any atom is -0.298 e. The molecule has 0 bridgehead atoms. The Morgan fingerprint density at radius 1 is 1.14 bits per heavy atom. The molecule has 28 heavy (non-hydrogen) atoms. The van der Waals surface area contributed by atoms with Crippen molar-refractivity contribution in [2.24, 2.45) is 0 Å². The van der Waals surface area contributed by atoms with Crippen molar-refractivity contribution in [3.63, 3.8) is 0 Å². The topological polar surface area (TPSA) is 54.3 Å². The first-order chi connectivity index (χ1) is 13.6. The zero-order valence-corrected chi connectivity index (χ0v) is 16.0.